The quantitative estimate of drug-likeness (QED) is 0.464. The van der Waals surface area contributed by atoms with Crippen molar-refractivity contribution in [3.8, 4) is 11.5 Å². The van der Waals surface area contributed by atoms with Crippen molar-refractivity contribution in [1.82, 2.24) is 0 Å². The molecule has 4 nitrogen and oxygen atoms in total. The van der Waals surface area contributed by atoms with E-state index in [-0.39, 0.29) is 12.5 Å². The maximum absolute atomic E-state index is 12.8. The molecular formula is C23H21Cl2NO3. The van der Waals surface area contributed by atoms with E-state index < -0.39 is 0 Å². The van der Waals surface area contributed by atoms with Crippen LogP contribution >= 0.6 is 23.2 Å². The third kappa shape index (κ3) is 5.43. The summed E-state index contributed by atoms with van der Waals surface area (Å²) >= 11 is 12.1. The van der Waals surface area contributed by atoms with Crippen molar-refractivity contribution < 1.29 is 14.3 Å². The Morgan fingerprint density at radius 2 is 1.76 bits per heavy atom. The second kappa shape index (κ2) is 9.68. The Balaban J connectivity index is 1.80. The zero-order valence-electron chi connectivity index (χ0n) is 16.2. The average Bonchev–Trinajstić information content (AvgIpc) is 2.72. The van der Waals surface area contributed by atoms with Gasteiger partial charge < -0.3 is 14.8 Å². The van der Waals surface area contributed by atoms with Gasteiger partial charge in [-0.3, -0.25) is 4.79 Å². The number of amides is 1. The molecule has 3 rings (SSSR count). The number of carbonyl (C=O) groups excluding carboxylic acids is 1. The van der Waals surface area contributed by atoms with Crippen molar-refractivity contribution in [3.05, 3.63) is 87.4 Å². The Labute approximate surface area is 180 Å². The van der Waals surface area contributed by atoms with Crippen molar-refractivity contribution in [2.75, 3.05) is 11.9 Å². The maximum atomic E-state index is 12.8. The first kappa shape index (κ1) is 21.0. The Hall–Kier alpha value is -2.69. The van der Waals surface area contributed by atoms with Gasteiger partial charge in [-0.05, 0) is 74.0 Å². The van der Waals surface area contributed by atoms with Crippen LogP contribution in [0.1, 0.15) is 28.4 Å². The smallest absolute Gasteiger partial charge is 0.255 e. The molecule has 0 radical (unpaired) electrons. The van der Waals surface area contributed by atoms with Crippen LogP contribution in [-0.2, 0) is 6.61 Å². The number of ether oxygens (including phenoxy) is 2. The fourth-order valence-electron chi connectivity index (χ4n) is 2.76. The number of nitrogens with one attached hydrogen (secondary N) is 1. The van der Waals surface area contributed by atoms with Gasteiger partial charge in [-0.1, -0.05) is 29.3 Å². The third-order valence-corrected chi connectivity index (χ3v) is 5.01. The van der Waals surface area contributed by atoms with Gasteiger partial charge in [-0.2, -0.15) is 0 Å². The van der Waals surface area contributed by atoms with Gasteiger partial charge in [-0.25, -0.2) is 0 Å². The Kier molecular flexibility index (Phi) is 7.02. The zero-order chi connectivity index (χ0) is 20.8. The highest BCUT2D eigenvalue weighted by molar-refractivity contribution is 6.31. The van der Waals surface area contributed by atoms with Gasteiger partial charge in [0.25, 0.3) is 5.91 Å². The van der Waals surface area contributed by atoms with Crippen molar-refractivity contribution in [2.24, 2.45) is 0 Å². The number of carbonyl (C=O) groups is 1. The third-order valence-electron chi connectivity index (χ3n) is 4.35. The van der Waals surface area contributed by atoms with Gasteiger partial charge in [0.15, 0.2) is 0 Å². The predicted octanol–water partition coefficient (Wildman–Crippen LogP) is 6.53. The van der Waals surface area contributed by atoms with Crippen molar-refractivity contribution >= 4 is 34.8 Å². The van der Waals surface area contributed by atoms with Crippen LogP contribution in [0.15, 0.2) is 60.7 Å². The number of halogens is 2. The first-order chi connectivity index (χ1) is 14.0. The molecule has 6 heteroatoms. The number of hydrogen-bond acceptors (Lipinski definition) is 3. The van der Waals surface area contributed by atoms with Gasteiger partial charge in [0.05, 0.1) is 6.61 Å². The van der Waals surface area contributed by atoms with Gasteiger partial charge >= 0.3 is 0 Å². The summed E-state index contributed by atoms with van der Waals surface area (Å²) in [5.74, 6) is 1.13. The predicted molar refractivity (Wildman–Crippen MR) is 118 cm³/mol. The molecule has 150 valence electrons. The van der Waals surface area contributed by atoms with E-state index in [4.69, 9.17) is 32.7 Å². The molecule has 0 heterocycles. The molecule has 0 aliphatic carbocycles. The number of anilines is 1. The summed E-state index contributed by atoms with van der Waals surface area (Å²) in [4.78, 5) is 12.8. The van der Waals surface area contributed by atoms with E-state index in [1.54, 1.807) is 54.6 Å². The van der Waals surface area contributed by atoms with Crippen molar-refractivity contribution in [3.63, 3.8) is 0 Å². The number of rotatable bonds is 7. The largest absolute Gasteiger partial charge is 0.493 e. The van der Waals surface area contributed by atoms with Crippen LogP contribution in [0.4, 0.5) is 5.69 Å². The summed E-state index contributed by atoms with van der Waals surface area (Å²) in [7, 11) is 0. The first-order valence-electron chi connectivity index (χ1n) is 9.18. The minimum Gasteiger partial charge on any atom is -0.493 e. The summed E-state index contributed by atoms with van der Waals surface area (Å²) in [6.07, 6.45) is 0. The number of benzene rings is 3. The summed E-state index contributed by atoms with van der Waals surface area (Å²) in [5.41, 5.74) is 2.77. The van der Waals surface area contributed by atoms with E-state index in [0.717, 1.165) is 11.1 Å². The van der Waals surface area contributed by atoms with Crippen molar-refractivity contribution in [2.45, 2.75) is 20.5 Å². The molecular weight excluding hydrogens is 409 g/mol. The lowest BCUT2D eigenvalue weighted by molar-refractivity contribution is 0.102. The van der Waals surface area contributed by atoms with Crippen LogP contribution in [0.3, 0.4) is 0 Å². The molecule has 0 atom stereocenters. The van der Waals surface area contributed by atoms with Gasteiger partial charge in [0, 0.05) is 26.9 Å². The van der Waals surface area contributed by atoms with Gasteiger partial charge in [0.1, 0.15) is 18.1 Å². The molecule has 29 heavy (non-hydrogen) atoms. The molecule has 0 aliphatic heterocycles. The summed E-state index contributed by atoms with van der Waals surface area (Å²) < 4.78 is 11.5. The van der Waals surface area contributed by atoms with E-state index >= 15 is 0 Å². The van der Waals surface area contributed by atoms with E-state index in [9.17, 15) is 4.79 Å². The fourth-order valence-corrected chi connectivity index (χ4v) is 3.06. The van der Waals surface area contributed by atoms with E-state index in [0.29, 0.717) is 39.4 Å². The van der Waals surface area contributed by atoms with E-state index in [1.807, 2.05) is 19.9 Å². The summed E-state index contributed by atoms with van der Waals surface area (Å²) in [6.45, 7) is 4.55. The first-order valence-corrected chi connectivity index (χ1v) is 9.94. The monoisotopic (exact) mass is 429 g/mol. The standard InChI is InChI=1S/C23H21Cl2NO3/c1-3-28-22-12-7-16(23(27)26-21-6-4-5-20(25)15(21)2)13-17(22)14-29-19-10-8-18(24)9-11-19/h4-13H,3,14H2,1-2H3,(H,26,27). The molecule has 0 spiro atoms. The molecule has 0 saturated carbocycles. The summed E-state index contributed by atoms with van der Waals surface area (Å²) in [6, 6.07) is 17.8. The van der Waals surface area contributed by atoms with Gasteiger partial charge in [0.2, 0.25) is 0 Å². The normalized spacial score (nSPS) is 10.5. The second-order valence-corrected chi connectivity index (χ2v) is 7.21. The van der Waals surface area contributed by atoms with E-state index in [1.165, 1.54) is 0 Å². The van der Waals surface area contributed by atoms with Crippen LogP contribution in [-0.4, -0.2) is 12.5 Å². The van der Waals surface area contributed by atoms with Crippen LogP contribution in [0.2, 0.25) is 10.0 Å². The highest BCUT2D eigenvalue weighted by atomic mass is 35.5. The molecule has 1 amide bonds. The minimum atomic E-state index is -0.230. The Bertz CT molecular complexity index is 1000. The lowest BCUT2D eigenvalue weighted by Gasteiger charge is -2.14. The zero-order valence-corrected chi connectivity index (χ0v) is 17.7. The Morgan fingerprint density at radius 3 is 2.48 bits per heavy atom. The Morgan fingerprint density at radius 1 is 1.00 bits per heavy atom. The molecule has 0 fully saturated rings. The van der Waals surface area contributed by atoms with Gasteiger partial charge in [-0.15, -0.1) is 0 Å². The second-order valence-electron chi connectivity index (χ2n) is 6.36. The highest BCUT2D eigenvalue weighted by Crippen LogP contribution is 2.26. The van der Waals surface area contributed by atoms with Crippen molar-refractivity contribution in [1.29, 1.82) is 0 Å². The topological polar surface area (TPSA) is 47.6 Å². The summed E-state index contributed by atoms with van der Waals surface area (Å²) in [5, 5.41) is 4.15. The molecule has 3 aromatic rings. The molecule has 3 aromatic carbocycles. The minimum absolute atomic E-state index is 0.230. The van der Waals surface area contributed by atoms with Crippen LogP contribution in [0, 0.1) is 6.92 Å². The molecule has 1 N–H and O–H groups in total. The lowest BCUT2D eigenvalue weighted by Crippen LogP contribution is -2.14. The molecule has 0 aliphatic rings. The molecule has 0 saturated heterocycles. The van der Waals surface area contributed by atoms with Crippen LogP contribution < -0.4 is 14.8 Å². The van der Waals surface area contributed by atoms with Crippen LogP contribution in [0.25, 0.3) is 0 Å². The average molecular weight is 430 g/mol. The van der Waals surface area contributed by atoms with Crippen LogP contribution in [0.5, 0.6) is 11.5 Å². The lowest BCUT2D eigenvalue weighted by atomic mass is 10.1. The molecule has 0 bridgehead atoms. The fraction of sp³-hybridized carbons (Fsp3) is 0.174. The van der Waals surface area contributed by atoms with E-state index in [2.05, 4.69) is 5.32 Å². The maximum Gasteiger partial charge on any atom is 0.255 e. The SMILES string of the molecule is CCOc1ccc(C(=O)Nc2cccc(Cl)c2C)cc1COc1ccc(Cl)cc1. The highest BCUT2D eigenvalue weighted by Gasteiger charge is 2.13. The molecule has 0 aromatic heterocycles. The molecule has 0 unspecified atom stereocenters. The number of hydrogen-bond donors (Lipinski definition) is 1.